The number of benzene rings is 2. The maximum Gasteiger partial charge on any atom is 0.267 e. The van der Waals surface area contributed by atoms with Gasteiger partial charge in [0.25, 0.3) is 5.91 Å². The number of ether oxygens (including phenoxy) is 2. The molecule has 0 bridgehead atoms. The molecule has 1 aliphatic heterocycles. The molecule has 1 fully saturated rings. The van der Waals surface area contributed by atoms with Gasteiger partial charge in [0, 0.05) is 51.1 Å². The number of hydrogen-bond donors (Lipinski definition) is 2. The molecule has 1 saturated heterocycles. The van der Waals surface area contributed by atoms with Crippen molar-refractivity contribution in [2.45, 2.75) is 13.0 Å². The van der Waals surface area contributed by atoms with Gasteiger partial charge in [0.05, 0.1) is 19.7 Å². The highest BCUT2D eigenvalue weighted by Crippen LogP contribution is 2.33. The van der Waals surface area contributed by atoms with E-state index in [-0.39, 0.29) is 24.8 Å². The fourth-order valence-corrected chi connectivity index (χ4v) is 4.17. The Labute approximate surface area is 193 Å². The first-order valence-corrected chi connectivity index (χ1v) is 11.1. The summed E-state index contributed by atoms with van der Waals surface area (Å²) in [7, 11) is 3.16. The highest BCUT2D eigenvalue weighted by molar-refractivity contribution is 6.01. The Morgan fingerprint density at radius 1 is 0.970 bits per heavy atom. The van der Waals surface area contributed by atoms with E-state index in [0.29, 0.717) is 35.8 Å². The Balaban J connectivity index is 1.26. The SMILES string of the molecule is COc1ccc(OC)c2[nH]c(C(=O)NCCC(=O)N3CCN(Cc4ccccc4)CC3)cc12. The van der Waals surface area contributed by atoms with Gasteiger partial charge < -0.3 is 24.7 Å². The van der Waals surface area contributed by atoms with E-state index in [4.69, 9.17) is 9.47 Å². The van der Waals surface area contributed by atoms with Crippen LogP contribution in [0.15, 0.2) is 48.5 Å². The summed E-state index contributed by atoms with van der Waals surface area (Å²) in [5.74, 6) is 1.08. The van der Waals surface area contributed by atoms with Crippen molar-refractivity contribution in [2.24, 2.45) is 0 Å². The first-order chi connectivity index (χ1) is 16.1. The lowest BCUT2D eigenvalue weighted by Gasteiger charge is -2.34. The fourth-order valence-electron chi connectivity index (χ4n) is 4.17. The minimum absolute atomic E-state index is 0.0645. The highest BCUT2D eigenvalue weighted by Gasteiger charge is 2.21. The third-order valence-electron chi connectivity index (χ3n) is 6.00. The van der Waals surface area contributed by atoms with Gasteiger partial charge in [-0.3, -0.25) is 14.5 Å². The van der Waals surface area contributed by atoms with Gasteiger partial charge in [-0.05, 0) is 23.8 Å². The van der Waals surface area contributed by atoms with Crippen molar-refractivity contribution in [1.82, 2.24) is 20.1 Å². The molecule has 8 heteroatoms. The second-order valence-electron chi connectivity index (χ2n) is 8.09. The smallest absolute Gasteiger partial charge is 0.267 e. The first-order valence-electron chi connectivity index (χ1n) is 11.1. The quantitative estimate of drug-likeness (QED) is 0.551. The molecule has 33 heavy (non-hydrogen) atoms. The van der Waals surface area contributed by atoms with E-state index in [1.54, 1.807) is 32.4 Å². The molecular formula is C25H30N4O4. The van der Waals surface area contributed by atoms with Crippen molar-refractivity contribution < 1.29 is 19.1 Å². The predicted octanol–water partition coefficient (Wildman–Crippen LogP) is 2.65. The summed E-state index contributed by atoms with van der Waals surface area (Å²) < 4.78 is 10.7. The molecule has 2 heterocycles. The lowest BCUT2D eigenvalue weighted by atomic mass is 10.2. The van der Waals surface area contributed by atoms with Gasteiger partial charge in [-0.15, -0.1) is 0 Å². The van der Waals surface area contributed by atoms with Crippen LogP contribution in [-0.4, -0.2) is 73.5 Å². The van der Waals surface area contributed by atoms with Crippen molar-refractivity contribution in [1.29, 1.82) is 0 Å². The number of carbonyl (C=O) groups is 2. The number of hydrogen-bond acceptors (Lipinski definition) is 5. The van der Waals surface area contributed by atoms with E-state index in [9.17, 15) is 9.59 Å². The molecule has 1 aliphatic rings. The first kappa shape index (κ1) is 22.7. The third-order valence-corrected chi connectivity index (χ3v) is 6.00. The minimum atomic E-state index is -0.268. The predicted molar refractivity (Wildman–Crippen MR) is 127 cm³/mol. The van der Waals surface area contributed by atoms with Crippen LogP contribution >= 0.6 is 0 Å². The van der Waals surface area contributed by atoms with Crippen LogP contribution in [0.1, 0.15) is 22.5 Å². The van der Waals surface area contributed by atoms with Crippen LogP contribution in [0.4, 0.5) is 0 Å². The average molecular weight is 451 g/mol. The molecule has 2 amide bonds. The number of nitrogens with one attached hydrogen (secondary N) is 2. The number of rotatable bonds is 8. The second-order valence-corrected chi connectivity index (χ2v) is 8.09. The Kier molecular flexibility index (Phi) is 7.14. The van der Waals surface area contributed by atoms with Crippen molar-refractivity contribution in [3.63, 3.8) is 0 Å². The highest BCUT2D eigenvalue weighted by atomic mass is 16.5. The number of aromatic nitrogens is 1. The summed E-state index contributed by atoms with van der Waals surface area (Å²) in [6.07, 6.45) is 0.275. The van der Waals surface area contributed by atoms with Crippen LogP contribution < -0.4 is 14.8 Å². The van der Waals surface area contributed by atoms with Crippen molar-refractivity contribution >= 4 is 22.7 Å². The van der Waals surface area contributed by atoms with Gasteiger partial charge in [0.15, 0.2) is 0 Å². The molecule has 4 rings (SSSR count). The maximum absolute atomic E-state index is 12.6. The van der Waals surface area contributed by atoms with Gasteiger partial charge >= 0.3 is 0 Å². The van der Waals surface area contributed by atoms with Gasteiger partial charge in [0.1, 0.15) is 17.2 Å². The summed E-state index contributed by atoms with van der Waals surface area (Å²) in [4.78, 5) is 32.6. The molecule has 0 spiro atoms. The molecule has 1 aromatic heterocycles. The Morgan fingerprint density at radius 2 is 1.67 bits per heavy atom. The van der Waals surface area contributed by atoms with Gasteiger partial charge in [-0.25, -0.2) is 0 Å². The molecule has 3 aromatic rings. The zero-order chi connectivity index (χ0) is 23.2. The monoisotopic (exact) mass is 450 g/mol. The Morgan fingerprint density at radius 3 is 2.36 bits per heavy atom. The normalized spacial score (nSPS) is 14.3. The standard InChI is InChI=1S/C25H30N4O4/c1-32-21-8-9-22(33-2)24-19(21)16-20(27-24)25(31)26-11-10-23(30)29-14-12-28(13-15-29)17-18-6-4-3-5-7-18/h3-9,16,27H,10-15,17H2,1-2H3,(H,26,31). The number of carbonyl (C=O) groups excluding carboxylic acids is 2. The summed E-state index contributed by atoms with van der Waals surface area (Å²) in [6.45, 7) is 4.31. The molecule has 0 atom stereocenters. The lowest BCUT2D eigenvalue weighted by Crippen LogP contribution is -2.48. The van der Waals surface area contributed by atoms with E-state index in [2.05, 4.69) is 27.3 Å². The largest absolute Gasteiger partial charge is 0.496 e. The van der Waals surface area contributed by atoms with Crippen molar-refractivity contribution in [3.05, 3.63) is 59.8 Å². The van der Waals surface area contributed by atoms with E-state index in [1.807, 2.05) is 23.1 Å². The van der Waals surface area contributed by atoms with Crippen LogP contribution in [0.3, 0.4) is 0 Å². The van der Waals surface area contributed by atoms with Gasteiger partial charge in [-0.1, -0.05) is 30.3 Å². The number of nitrogens with zero attached hydrogens (tertiary/aromatic N) is 2. The van der Waals surface area contributed by atoms with Crippen molar-refractivity contribution in [3.8, 4) is 11.5 Å². The van der Waals surface area contributed by atoms with E-state index >= 15 is 0 Å². The summed E-state index contributed by atoms with van der Waals surface area (Å²) >= 11 is 0. The number of H-pyrrole nitrogens is 1. The Bertz CT molecular complexity index is 1060. The fraction of sp³-hybridized carbons (Fsp3) is 0.360. The zero-order valence-corrected chi connectivity index (χ0v) is 19.1. The summed E-state index contributed by atoms with van der Waals surface area (Å²) in [5, 5.41) is 3.61. The number of aromatic amines is 1. The van der Waals surface area contributed by atoms with Gasteiger partial charge in [0.2, 0.25) is 5.91 Å². The summed E-state index contributed by atoms with van der Waals surface area (Å²) in [5.41, 5.74) is 2.38. The molecule has 0 saturated carbocycles. The Hall–Kier alpha value is -3.52. The van der Waals surface area contributed by atoms with Crippen LogP contribution in [0.5, 0.6) is 11.5 Å². The molecular weight excluding hydrogens is 420 g/mol. The molecule has 0 aliphatic carbocycles. The molecule has 0 radical (unpaired) electrons. The molecule has 174 valence electrons. The third kappa shape index (κ3) is 5.28. The van der Waals surface area contributed by atoms with Crippen LogP contribution in [-0.2, 0) is 11.3 Å². The molecule has 2 N–H and O–H groups in total. The van der Waals surface area contributed by atoms with Crippen LogP contribution in [0.2, 0.25) is 0 Å². The molecule has 0 unspecified atom stereocenters. The molecule has 8 nitrogen and oxygen atoms in total. The topological polar surface area (TPSA) is 86.9 Å². The van der Waals surface area contributed by atoms with Crippen molar-refractivity contribution in [2.75, 3.05) is 46.9 Å². The van der Waals surface area contributed by atoms with Gasteiger partial charge in [-0.2, -0.15) is 0 Å². The zero-order valence-electron chi connectivity index (χ0n) is 19.1. The molecule has 2 aromatic carbocycles. The minimum Gasteiger partial charge on any atom is -0.496 e. The lowest BCUT2D eigenvalue weighted by molar-refractivity contribution is -0.132. The van der Waals surface area contributed by atoms with Crippen LogP contribution in [0, 0.1) is 0 Å². The van der Waals surface area contributed by atoms with E-state index in [0.717, 1.165) is 25.0 Å². The number of piperazine rings is 1. The number of fused-ring (bicyclic) bond motifs is 1. The van der Waals surface area contributed by atoms with Crippen LogP contribution in [0.25, 0.3) is 10.9 Å². The summed E-state index contributed by atoms with van der Waals surface area (Å²) in [6, 6.07) is 15.7. The number of methoxy groups -OCH3 is 2. The second kappa shape index (κ2) is 10.4. The number of amides is 2. The van der Waals surface area contributed by atoms with E-state index in [1.165, 1.54) is 5.56 Å². The maximum atomic E-state index is 12.6. The average Bonchev–Trinajstić information content (AvgIpc) is 3.30. The van der Waals surface area contributed by atoms with E-state index < -0.39 is 0 Å².